The highest BCUT2D eigenvalue weighted by Crippen LogP contribution is 2.34. The lowest BCUT2D eigenvalue weighted by Gasteiger charge is -2.24. The first-order valence-corrected chi connectivity index (χ1v) is 7.90. The Morgan fingerprint density at radius 3 is 2.36 bits per heavy atom. The number of aromatic hydroxyl groups is 1. The van der Waals surface area contributed by atoms with Crippen molar-refractivity contribution in [3.63, 3.8) is 0 Å². The molecule has 0 bridgehead atoms. The Balaban J connectivity index is 1.84. The van der Waals surface area contributed by atoms with Crippen LogP contribution in [0.25, 0.3) is 11.1 Å². The number of ether oxygens (including phenoxy) is 1. The number of likely N-dealkylation sites (tertiary alicyclic amines) is 1. The maximum atomic E-state index is 10.1. The number of hydrogen-bond acceptors (Lipinski definition) is 3. The van der Waals surface area contributed by atoms with E-state index in [2.05, 4.69) is 36.1 Å². The molecule has 1 aliphatic heterocycles. The fourth-order valence-corrected chi connectivity index (χ4v) is 3.15. The molecule has 1 aliphatic rings. The standard InChI is InChI=1S/C19H23NO2/c1-14(20-11-3-4-12-20)15-5-7-16(8-6-15)18-13-17(22-2)9-10-19(18)21/h5-10,13-14,21H,3-4,11-12H2,1-2H3/t14-/m0/s1. The Morgan fingerprint density at radius 2 is 1.73 bits per heavy atom. The van der Waals surface area contributed by atoms with E-state index in [0.717, 1.165) is 16.9 Å². The summed E-state index contributed by atoms with van der Waals surface area (Å²) in [4.78, 5) is 2.53. The third-order valence-electron chi connectivity index (χ3n) is 4.60. The van der Waals surface area contributed by atoms with Gasteiger partial charge in [0.05, 0.1) is 7.11 Å². The van der Waals surface area contributed by atoms with Crippen LogP contribution >= 0.6 is 0 Å². The van der Waals surface area contributed by atoms with Gasteiger partial charge in [0.15, 0.2) is 0 Å². The van der Waals surface area contributed by atoms with Crippen molar-refractivity contribution in [2.45, 2.75) is 25.8 Å². The summed E-state index contributed by atoms with van der Waals surface area (Å²) < 4.78 is 5.24. The fraction of sp³-hybridized carbons (Fsp3) is 0.368. The number of hydrogen-bond donors (Lipinski definition) is 1. The minimum atomic E-state index is 0.279. The van der Waals surface area contributed by atoms with Crippen LogP contribution < -0.4 is 4.74 Å². The molecule has 0 radical (unpaired) electrons. The molecular weight excluding hydrogens is 274 g/mol. The second kappa shape index (κ2) is 6.41. The van der Waals surface area contributed by atoms with Gasteiger partial charge in [0, 0.05) is 11.6 Å². The Kier molecular flexibility index (Phi) is 4.34. The van der Waals surface area contributed by atoms with Crippen LogP contribution in [0.2, 0.25) is 0 Å². The first kappa shape index (κ1) is 14.9. The number of phenols is 1. The molecule has 3 heteroatoms. The SMILES string of the molecule is COc1ccc(O)c(-c2ccc([C@H](C)N3CCCC3)cc2)c1. The highest BCUT2D eigenvalue weighted by molar-refractivity contribution is 5.71. The summed E-state index contributed by atoms with van der Waals surface area (Å²) in [5.74, 6) is 1.03. The molecule has 1 atom stereocenters. The van der Waals surface area contributed by atoms with E-state index in [1.807, 2.05) is 6.07 Å². The quantitative estimate of drug-likeness (QED) is 0.917. The van der Waals surface area contributed by atoms with Gasteiger partial charge in [-0.2, -0.15) is 0 Å². The van der Waals surface area contributed by atoms with Crippen molar-refractivity contribution in [1.29, 1.82) is 0 Å². The van der Waals surface area contributed by atoms with Crippen molar-refractivity contribution in [1.82, 2.24) is 4.90 Å². The van der Waals surface area contributed by atoms with Gasteiger partial charge >= 0.3 is 0 Å². The molecule has 1 N–H and O–H groups in total. The first-order chi connectivity index (χ1) is 10.7. The second-order valence-corrected chi connectivity index (χ2v) is 5.92. The summed E-state index contributed by atoms with van der Waals surface area (Å²) in [5, 5.41) is 10.1. The van der Waals surface area contributed by atoms with Gasteiger partial charge in [-0.3, -0.25) is 4.90 Å². The topological polar surface area (TPSA) is 32.7 Å². The molecule has 0 amide bonds. The zero-order valence-corrected chi connectivity index (χ0v) is 13.2. The Hall–Kier alpha value is -2.00. The Labute approximate surface area is 132 Å². The number of rotatable bonds is 4. The van der Waals surface area contributed by atoms with Crippen LogP contribution in [-0.4, -0.2) is 30.2 Å². The van der Waals surface area contributed by atoms with Crippen molar-refractivity contribution in [3.05, 3.63) is 48.0 Å². The molecule has 2 aromatic rings. The number of methoxy groups -OCH3 is 1. The van der Waals surface area contributed by atoms with Crippen LogP contribution in [0.1, 0.15) is 31.4 Å². The molecule has 3 rings (SSSR count). The van der Waals surface area contributed by atoms with Crippen molar-refractivity contribution < 1.29 is 9.84 Å². The molecule has 22 heavy (non-hydrogen) atoms. The summed E-state index contributed by atoms with van der Waals surface area (Å²) in [5.41, 5.74) is 3.14. The highest BCUT2D eigenvalue weighted by Gasteiger charge is 2.19. The number of nitrogens with zero attached hydrogens (tertiary/aromatic N) is 1. The molecule has 116 valence electrons. The van der Waals surface area contributed by atoms with Gasteiger partial charge in [-0.1, -0.05) is 24.3 Å². The molecule has 0 aliphatic carbocycles. The molecule has 1 heterocycles. The minimum Gasteiger partial charge on any atom is -0.507 e. The molecule has 1 fully saturated rings. The van der Waals surface area contributed by atoms with E-state index in [1.54, 1.807) is 19.2 Å². The largest absolute Gasteiger partial charge is 0.507 e. The molecule has 0 saturated carbocycles. The Bertz CT molecular complexity index is 630. The zero-order valence-electron chi connectivity index (χ0n) is 13.2. The highest BCUT2D eigenvalue weighted by atomic mass is 16.5. The maximum absolute atomic E-state index is 10.1. The minimum absolute atomic E-state index is 0.279. The predicted octanol–water partition coefficient (Wildman–Crippen LogP) is 4.22. The predicted molar refractivity (Wildman–Crippen MR) is 89.3 cm³/mol. The summed E-state index contributed by atoms with van der Waals surface area (Å²) in [7, 11) is 1.64. The second-order valence-electron chi connectivity index (χ2n) is 5.92. The van der Waals surface area contributed by atoms with Crippen molar-refractivity contribution >= 4 is 0 Å². The lowest BCUT2D eigenvalue weighted by atomic mass is 10.00. The van der Waals surface area contributed by atoms with Gasteiger partial charge in [-0.15, -0.1) is 0 Å². The van der Waals surface area contributed by atoms with Gasteiger partial charge in [0.1, 0.15) is 11.5 Å². The van der Waals surface area contributed by atoms with E-state index in [9.17, 15) is 5.11 Å². The average Bonchev–Trinajstić information content (AvgIpc) is 3.09. The summed E-state index contributed by atoms with van der Waals surface area (Å²) in [6, 6.07) is 14.3. The van der Waals surface area contributed by atoms with Crippen LogP contribution in [0.15, 0.2) is 42.5 Å². The van der Waals surface area contributed by atoms with E-state index in [-0.39, 0.29) is 5.75 Å². The van der Waals surface area contributed by atoms with Gasteiger partial charge in [-0.25, -0.2) is 0 Å². The van der Waals surface area contributed by atoms with E-state index in [1.165, 1.54) is 31.5 Å². The van der Waals surface area contributed by atoms with Gasteiger partial charge < -0.3 is 9.84 Å². The van der Waals surface area contributed by atoms with Gasteiger partial charge in [-0.05, 0) is 62.2 Å². The van der Waals surface area contributed by atoms with E-state index < -0.39 is 0 Å². The molecule has 0 aromatic heterocycles. The lowest BCUT2D eigenvalue weighted by Crippen LogP contribution is -2.23. The van der Waals surface area contributed by atoms with Crippen LogP contribution in [-0.2, 0) is 0 Å². The monoisotopic (exact) mass is 297 g/mol. The zero-order chi connectivity index (χ0) is 15.5. The van der Waals surface area contributed by atoms with E-state index in [4.69, 9.17) is 4.74 Å². The molecule has 2 aromatic carbocycles. The molecule has 0 unspecified atom stereocenters. The van der Waals surface area contributed by atoms with E-state index in [0.29, 0.717) is 6.04 Å². The summed E-state index contributed by atoms with van der Waals surface area (Å²) in [6.07, 6.45) is 2.61. The smallest absolute Gasteiger partial charge is 0.123 e. The summed E-state index contributed by atoms with van der Waals surface area (Å²) in [6.45, 7) is 4.66. The van der Waals surface area contributed by atoms with Gasteiger partial charge in [0.25, 0.3) is 0 Å². The molecule has 3 nitrogen and oxygen atoms in total. The molecule has 0 spiro atoms. The van der Waals surface area contributed by atoms with Crippen molar-refractivity contribution in [2.75, 3.05) is 20.2 Å². The number of phenolic OH excluding ortho intramolecular Hbond substituents is 1. The average molecular weight is 297 g/mol. The van der Waals surface area contributed by atoms with Crippen molar-refractivity contribution in [2.24, 2.45) is 0 Å². The van der Waals surface area contributed by atoms with Crippen LogP contribution in [0, 0.1) is 0 Å². The van der Waals surface area contributed by atoms with Crippen molar-refractivity contribution in [3.8, 4) is 22.6 Å². The first-order valence-electron chi connectivity index (χ1n) is 7.90. The number of benzene rings is 2. The van der Waals surface area contributed by atoms with Gasteiger partial charge in [0.2, 0.25) is 0 Å². The van der Waals surface area contributed by atoms with Crippen LogP contribution in [0.3, 0.4) is 0 Å². The van der Waals surface area contributed by atoms with Crippen LogP contribution in [0.5, 0.6) is 11.5 Å². The lowest BCUT2D eigenvalue weighted by molar-refractivity contribution is 0.263. The summed E-state index contributed by atoms with van der Waals surface area (Å²) >= 11 is 0. The molecule has 1 saturated heterocycles. The Morgan fingerprint density at radius 1 is 1.05 bits per heavy atom. The third-order valence-corrected chi connectivity index (χ3v) is 4.60. The normalized spacial score (nSPS) is 16.6. The third kappa shape index (κ3) is 2.95. The fourth-order valence-electron chi connectivity index (χ4n) is 3.15. The molecular formula is C19H23NO2. The maximum Gasteiger partial charge on any atom is 0.123 e. The van der Waals surface area contributed by atoms with E-state index >= 15 is 0 Å². The van der Waals surface area contributed by atoms with Crippen LogP contribution in [0.4, 0.5) is 0 Å².